The monoisotopic (exact) mass is 461 g/mol. The molecule has 0 saturated carbocycles. The molecule has 0 N–H and O–H groups in total. The Kier molecular flexibility index (Phi) is 6.50. The van der Waals surface area contributed by atoms with Crippen molar-refractivity contribution in [3.8, 4) is 0 Å². The van der Waals surface area contributed by atoms with Gasteiger partial charge in [-0.15, -0.1) is 0 Å². The number of hydrogen-bond donors (Lipinski definition) is 0. The minimum Gasteiger partial charge on any atom is -0.381 e. The van der Waals surface area contributed by atoms with Crippen molar-refractivity contribution in [1.82, 2.24) is 14.7 Å². The molecule has 1 aromatic carbocycles. The number of piperazine rings is 1. The summed E-state index contributed by atoms with van der Waals surface area (Å²) in [6.07, 6.45) is 0. The third-order valence-corrected chi connectivity index (χ3v) is 6.63. The first-order valence-electron chi connectivity index (χ1n) is 10.8. The highest BCUT2D eigenvalue weighted by atomic mass is 35.5. The molecule has 2 saturated heterocycles. The molecule has 4 rings (SSSR count). The Morgan fingerprint density at radius 1 is 1.16 bits per heavy atom. The van der Waals surface area contributed by atoms with Crippen LogP contribution in [0.25, 0.3) is 0 Å². The van der Waals surface area contributed by atoms with E-state index in [1.54, 1.807) is 14.2 Å². The fourth-order valence-electron chi connectivity index (χ4n) is 4.49. The molecule has 3 aliphatic rings. The molecule has 1 unspecified atom stereocenters. The number of urea groups is 1. The van der Waals surface area contributed by atoms with Gasteiger partial charge in [-0.25, -0.2) is 9.37 Å². The van der Waals surface area contributed by atoms with Gasteiger partial charge in [0.1, 0.15) is 13.1 Å². The predicted molar refractivity (Wildman–Crippen MR) is 124 cm³/mol. The number of aliphatic imine (C=N–C) groups is 1. The quantitative estimate of drug-likeness (QED) is 0.594. The standard InChI is InChI=1S/C22H30ClN6O3/c1-15-5-6-16(23)13-17(15)28-9-7-27(8-10-28)14-18-24-20-19(29(18)11-12-32-4)21(30)26(3)22(31)25(20)2/h5-6,13,19H,7-12,14H2,1-4H3/q+1. The fraction of sp³-hybridized carbons (Fsp3) is 0.545. The molecule has 3 aliphatic heterocycles. The second-order valence-electron chi connectivity index (χ2n) is 8.41. The first-order chi connectivity index (χ1) is 15.3. The number of benzene rings is 1. The molecule has 10 heteroatoms. The van der Waals surface area contributed by atoms with Gasteiger partial charge in [0, 0.05) is 58.1 Å². The number of fused-ring (bicyclic) bond motifs is 1. The second-order valence-corrected chi connectivity index (χ2v) is 8.84. The van der Waals surface area contributed by atoms with Crippen LogP contribution in [0.1, 0.15) is 5.56 Å². The lowest BCUT2D eigenvalue weighted by Gasteiger charge is -2.36. The maximum Gasteiger partial charge on any atom is 0.333 e. The Morgan fingerprint density at radius 2 is 1.88 bits per heavy atom. The topological polar surface area (TPSA) is 71.7 Å². The number of hydrogen-bond acceptors (Lipinski definition) is 6. The second kappa shape index (κ2) is 9.17. The number of amides is 3. The van der Waals surface area contributed by atoms with Gasteiger partial charge in [0.25, 0.3) is 17.8 Å². The summed E-state index contributed by atoms with van der Waals surface area (Å²) in [5.74, 6) is 1.05. The maximum absolute atomic E-state index is 12.9. The van der Waals surface area contributed by atoms with Crippen LogP contribution in [-0.2, 0) is 9.53 Å². The number of carbonyl (C=O) groups excluding carboxylic acids is 2. The van der Waals surface area contributed by atoms with Gasteiger partial charge in [-0.2, -0.15) is 0 Å². The van der Waals surface area contributed by atoms with Crippen LogP contribution >= 0.6 is 11.6 Å². The molecule has 3 heterocycles. The summed E-state index contributed by atoms with van der Waals surface area (Å²) in [6, 6.07) is 5.06. The van der Waals surface area contributed by atoms with Crippen LogP contribution in [-0.4, -0.2) is 116 Å². The van der Waals surface area contributed by atoms with Crippen LogP contribution in [0, 0.1) is 6.92 Å². The van der Waals surface area contributed by atoms with Crippen LogP contribution in [0.2, 0.25) is 5.02 Å². The molecule has 3 amide bonds. The van der Waals surface area contributed by atoms with Crippen molar-refractivity contribution in [2.24, 2.45) is 4.99 Å². The van der Waals surface area contributed by atoms with E-state index in [2.05, 4.69) is 22.8 Å². The number of rotatable bonds is 6. The van der Waals surface area contributed by atoms with Crippen LogP contribution < -0.4 is 4.90 Å². The van der Waals surface area contributed by atoms with E-state index in [1.165, 1.54) is 28.1 Å². The number of nitrogens with zero attached hydrogens (tertiary/aromatic N) is 6. The maximum atomic E-state index is 12.9. The molecule has 32 heavy (non-hydrogen) atoms. The fourth-order valence-corrected chi connectivity index (χ4v) is 4.66. The molecular weight excluding hydrogens is 432 g/mol. The molecule has 0 aliphatic carbocycles. The molecule has 0 bridgehead atoms. The lowest BCUT2D eigenvalue weighted by molar-refractivity contribution is -0.538. The Labute approximate surface area is 193 Å². The van der Waals surface area contributed by atoms with E-state index in [1.807, 2.05) is 16.7 Å². The lowest BCUT2D eigenvalue weighted by Crippen LogP contribution is -2.61. The number of amidine groups is 2. The van der Waals surface area contributed by atoms with Gasteiger partial charge >= 0.3 is 11.9 Å². The molecule has 1 aromatic rings. The van der Waals surface area contributed by atoms with Crippen LogP contribution in [0.5, 0.6) is 0 Å². The number of halogens is 1. The number of aryl methyl sites for hydroxylation is 1. The highest BCUT2D eigenvalue weighted by Gasteiger charge is 2.53. The van der Waals surface area contributed by atoms with Gasteiger partial charge in [0.15, 0.2) is 0 Å². The van der Waals surface area contributed by atoms with Gasteiger partial charge in [0.2, 0.25) is 0 Å². The van der Waals surface area contributed by atoms with Crippen molar-refractivity contribution in [3.63, 3.8) is 0 Å². The third-order valence-electron chi connectivity index (χ3n) is 6.40. The molecule has 0 aromatic heterocycles. The average Bonchev–Trinajstić information content (AvgIpc) is 3.15. The normalized spacial score (nSPS) is 22.1. The van der Waals surface area contributed by atoms with E-state index in [-0.39, 0.29) is 11.9 Å². The lowest BCUT2D eigenvalue weighted by atomic mass is 10.1. The van der Waals surface area contributed by atoms with E-state index >= 15 is 0 Å². The SMILES string of the molecule is COCC[N+]1=C(CN2CCN(c3cc(Cl)ccc3C)CC2)N=C2C1C(=O)N(C)C(=O)N2C. The minimum absolute atomic E-state index is 0.251. The number of ether oxygens (including phenoxy) is 1. The highest BCUT2D eigenvalue weighted by molar-refractivity contribution is 6.30. The van der Waals surface area contributed by atoms with E-state index in [9.17, 15) is 9.59 Å². The first kappa shape index (κ1) is 22.7. The van der Waals surface area contributed by atoms with Gasteiger partial charge in [0.05, 0.1) is 6.61 Å². The van der Waals surface area contributed by atoms with Gasteiger partial charge < -0.3 is 9.64 Å². The van der Waals surface area contributed by atoms with E-state index in [0.29, 0.717) is 25.5 Å². The summed E-state index contributed by atoms with van der Waals surface area (Å²) in [6.45, 7) is 7.22. The average molecular weight is 462 g/mol. The van der Waals surface area contributed by atoms with Crippen molar-refractivity contribution < 1.29 is 18.9 Å². The zero-order valence-corrected chi connectivity index (χ0v) is 19.8. The molecule has 9 nitrogen and oxygen atoms in total. The zero-order chi connectivity index (χ0) is 23.0. The summed E-state index contributed by atoms with van der Waals surface area (Å²) in [5.41, 5.74) is 2.39. The predicted octanol–water partition coefficient (Wildman–Crippen LogP) is 1.13. The van der Waals surface area contributed by atoms with Crippen molar-refractivity contribution in [2.75, 3.05) is 72.0 Å². The van der Waals surface area contributed by atoms with Crippen molar-refractivity contribution in [2.45, 2.75) is 13.0 Å². The molecule has 172 valence electrons. The largest absolute Gasteiger partial charge is 0.381 e. The number of methoxy groups -OCH3 is 1. The summed E-state index contributed by atoms with van der Waals surface area (Å²) >= 11 is 6.21. The number of likely N-dealkylation sites (N-methyl/N-ethyl adjacent to an activating group) is 2. The summed E-state index contributed by atoms with van der Waals surface area (Å²) in [7, 11) is 4.82. The first-order valence-corrected chi connectivity index (χ1v) is 11.2. The minimum atomic E-state index is -0.580. The van der Waals surface area contributed by atoms with Crippen molar-refractivity contribution >= 4 is 40.9 Å². The van der Waals surface area contributed by atoms with E-state index in [4.69, 9.17) is 21.3 Å². The summed E-state index contributed by atoms with van der Waals surface area (Å²) in [4.78, 5) is 37.4. The Hall–Kier alpha value is -2.49. The molecule has 2 fully saturated rings. The Balaban J connectivity index is 1.51. The summed E-state index contributed by atoms with van der Waals surface area (Å²) in [5, 5.41) is 0.745. The molecule has 1 atom stereocenters. The van der Waals surface area contributed by atoms with Gasteiger partial charge in [-0.1, -0.05) is 17.7 Å². The Morgan fingerprint density at radius 3 is 2.56 bits per heavy atom. The van der Waals surface area contributed by atoms with Crippen LogP contribution in [0.15, 0.2) is 23.2 Å². The zero-order valence-electron chi connectivity index (χ0n) is 19.0. The van der Waals surface area contributed by atoms with Crippen molar-refractivity contribution in [3.05, 3.63) is 28.8 Å². The smallest absolute Gasteiger partial charge is 0.333 e. The summed E-state index contributed by atoms with van der Waals surface area (Å²) < 4.78 is 7.25. The molecule has 0 spiro atoms. The number of anilines is 1. The van der Waals surface area contributed by atoms with E-state index < -0.39 is 6.04 Å². The highest BCUT2D eigenvalue weighted by Crippen LogP contribution is 2.25. The number of imide groups is 1. The third kappa shape index (κ3) is 4.12. The van der Waals surface area contributed by atoms with E-state index in [0.717, 1.165) is 37.0 Å². The van der Waals surface area contributed by atoms with Crippen LogP contribution in [0.4, 0.5) is 10.5 Å². The van der Waals surface area contributed by atoms with Gasteiger partial charge in [-0.3, -0.25) is 19.5 Å². The number of carbonyl (C=O) groups is 2. The molecule has 0 radical (unpaired) electrons. The van der Waals surface area contributed by atoms with Crippen molar-refractivity contribution in [1.29, 1.82) is 0 Å². The molecular formula is C22H30ClN6O3+. The van der Waals surface area contributed by atoms with Crippen LogP contribution in [0.3, 0.4) is 0 Å². The Bertz CT molecular complexity index is 986. The van der Waals surface area contributed by atoms with Gasteiger partial charge in [-0.05, 0) is 29.6 Å².